The molecule has 0 N–H and O–H groups in total. The van der Waals surface area contributed by atoms with Gasteiger partial charge in [0.15, 0.2) is 0 Å². The van der Waals surface area contributed by atoms with Crippen LogP contribution in [-0.4, -0.2) is 42.4 Å². The first-order valence-corrected chi connectivity index (χ1v) is 7.69. The van der Waals surface area contributed by atoms with E-state index >= 15 is 0 Å². The average molecular weight is 278 g/mol. The molecule has 0 spiro atoms. The number of alkyl halides is 1. The van der Waals surface area contributed by atoms with E-state index in [9.17, 15) is 4.39 Å². The predicted octanol–water partition coefficient (Wildman–Crippen LogP) is 2.69. The average Bonchev–Trinajstić information content (AvgIpc) is 3.10. The van der Waals surface area contributed by atoms with E-state index in [2.05, 4.69) is 24.0 Å². The first-order chi connectivity index (χ1) is 9.76. The number of ether oxygens (including phenoxy) is 1. The third-order valence-corrected chi connectivity index (χ3v) is 4.39. The van der Waals surface area contributed by atoms with Gasteiger partial charge >= 0.3 is 0 Å². The van der Waals surface area contributed by atoms with Crippen molar-refractivity contribution in [3.05, 3.63) is 29.1 Å². The summed E-state index contributed by atoms with van der Waals surface area (Å²) in [4.78, 5) is 6.99. The molecular weight excluding hydrogens is 255 g/mol. The van der Waals surface area contributed by atoms with Crippen molar-refractivity contribution in [2.24, 2.45) is 0 Å². The lowest BCUT2D eigenvalue weighted by molar-refractivity contribution is 0.193. The number of aryl methyl sites for hydroxylation is 1. The summed E-state index contributed by atoms with van der Waals surface area (Å²) in [5, 5.41) is 0. The van der Waals surface area contributed by atoms with Crippen molar-refractivity contribution >= 4 is 0 Å². The van der Waals surface area contributed by atoms with Gasteiger partial charge in [-0.05, 0) is 30.9 Å². The number of aromatic nitrogens is 1. The van der Waals surface area contributed by atoms with Crippen LogP contribution in [0.2, 0.25) is 0 Å². The van der Waals surface area contributed by atoms with Crippen LogP contribution >= 0.6 is 0 Å². The molecule has 110 valence electrons. The first kappa shape index (κ1) is 14.0. The van der Waals surface area contributed by atoms with Crippen LogP contribution in [0.4, 0.5) is 4.39 Å². The molecule has 2 aliphatic rings. The molecule has 0 aliphatic carbocycles. The second-order valence-corrected chi connectivity index (χ2v) is 5.87. The van der Waals surface area contributed by atoms with Gasteiger partial charge in [-0.1, -0.05) is 13.0 Å². The van der Waals surface area contributed by atoms with E-state index < -0.39 is 6.17 Å². The third kappa shape index (κ3) is 3.01. The molecule has 3 heterocycles. The molecule has 20 heavy (non-hydrogen) atoms. The molecule has 2 fully saturated rings. The van der Waals surface area contributed by atoms with Gasteiger partial charge in [-0.25, -0.2) is 4.39 Å². The molecule has 4 heteroatoms. The highest BCUT2D eigenvalue weighted by atomic mass is 19.1. The molecule has 0 aromatic carbocycles. The van der Waals surface area contributed by atoms with Gasteiger partial charge in [0.25, 0.3) is 0 Å². The van der Waals surface area contributed by atoms with Gasteiger partial charge in [-0.3, -0.25) is 9.88 Å². The number of halogens is 1. The highest BCUT2D eigenvalue weighted by Crippen LogP contribution is 2.29. The second-order valence-electron chi connectivity index (χ2n) is 5.87. The van der Waals surface area contributed by atoms with Crippen LogP contribution in [0.5, 0.6) is 0 Å². The van der Waals surface area contributed by atoms with Crippen molar-refractivity contribution in [3.8, 4) is 0 Å². The maximum Gasteiger partial charge on any atom is 0.114 e. The zero-order chi connectivity index (χ0) is 13.9. The fraction of sp³-hybridized carbons (Fsp3) is 0.688. The van der Waals surface area contributed by atoms with Gasteiger partial charge in [0.05, 0.1) is 12.3 Å². The molecule has 0 amide bonds. The fourth-order valence-corrected chi connectivity index (χ4v) is 3.17. The molecule has 0 radical (unpaired) electrons. The standard InChI is InChI=1S/C16H23FN2O/c1-2-14-3-4-15(12-6-8-20-11-12)16(18-14)10-19-7-5-13(17)9-19/h3-4,12-13H,2,5-11H2,1H3/t12-,13+/m1/s1. The number of rotatable bonds is 4. The lowest BCUT2D eigenvalue weighted by atomic mass is 9.96. The Morgan fingerprint density at radius 3 is 2.95 bits per heavy atom. The van der Waals surface area contributed by atoms with Crippen molar-refractivity contribution in [1.29, 1.82) is 0 Å². The molecule has 1 aromatic rings. The van der Waals surface area contributed by atoms with Crippen molar-refractivity contribution in [2.75, 3.05) is 26.3 Å². The van der Waals surface area contributed by atoms with Crippen molar-refractivity contribution in [3.63, 3.8) is 0 Å². The number of hydrogen-bond donors (Lipinski definition) is 0. The highest BCUT2D eigenvalue weighted by molar-refractivity contribution is 5.28. The smallest absolute Gasteiger partial charge is 0.114 e. The fourth-order valence-electron chi connectivity index (χ4n) is 3.17. The summed E-state index contributed by atoms with van der Waals surface area (Å²) in [5.41, 5.74) is 3.56. The lowest BCUT2D eigenvalue weighted by Gasteiger charge is -2.19. The number of hydrogen-bond acceptors (Lipinski definition) is 3. The molecule has 1 aromatic heterocycles. The molecule has 2 atom stereocenters. The van der Waals surface area contributed by atoms with Crippen molar-refractivity contribution in [1.82, 2.24) is 9.88 Å². The van der Waals surface area contributed by atoms with Crippen LogP contribution in [0.3, 0.4) is 0 Å². The van der Waals surface area contributed by atoms with Crippen LogP contribution in [0.1, 0.15) is 42.6 Å². The van der Waals surface area contributed by atoms with E-state index in [1.807, 2.05) is 0 Å². The monoisotopic (exact) mass is 278 g/mol. The summed E-state index contributed by atoms with van der Waals surface area (Å²) < 4.78 is 18.8. The molecule has 3 nitrogen and oxygen atoms in total. The Balaban J connectivity index is 1.81. The summed E-state index contributed by atoms with van der Waals surface area (Å²) in [6, 6.07) is 4.34. The summed E-state index contributed by atoms with van der Waals surface area (Å²) in [6.07, 6.45) is 2.02. The lowest BCUT2D eigenvalue weighted by Crippen LogP contribution is -2.23. The summed E-state index contributed by atoms with van der Waals surface area (Å²) in [7, 11) is 0. The maximum absolute atomic E-state index is 13.3. The van der Waals surface area contributed by atoms with Crippen molar-refractivity contribution in [2.45, 2.75) is 44.8 Å². The van der Waals surface area contributed by atoms with Gasteiger partial charge in [-0.15, -0.1) is 0 Å². The van der Waals surface area contributed by atoms with Gasteiger partial charge in [0.1, 0.15) is 6.17 Å². The molecule has 0 bridgehead atoms. The predicted molar refractivity (Wildman–Crippen MR) is 76.6 cm³/mol. The Kier molecular flexibility index (Phi) is 4.32. The quantitative estimate of drug-likeness (QED) is 0.846. The van der Waals surface area contributed by atoms with Crippen LogP contribution < -0.4 is 0 Å². The summed E-state index contributed by atoms with van der Waals surface area (Å²) in [5.74, 6) is 0.465. The van der Waals surface area contributed by atoms with E-state index in [0.717, 1.165) is 50.5 Å². The minimum atomic E-state index is -0.664. The molecule has 2 aliphatic heterocycles. The summed E-state index contributed by atoms with van der Waals surface area (Å²) in [6.45, 7) is 5.94. The molecule has 0 saturated carbocycles. The van der Waals surface area contributed by atoms with Gasteiger partial charge in [-0.2, -0.15) is 0 Å². The van der Waals surface area contributed by atoms with E-state index in [4.69, 9.17) is 9.72 Å². The molecule has 0 unspecified atom stereocenters. The van der Waals surface area contributed by atoms with Gasteiger partial charge < -0.3 is 4.74 Å². The van der Waals surface area contributed by atoms with Gasteiger partial charge in [0, 0.05) is 37.9 Å². The number of pyridine rings is 1. The molecular formula is C16H23FN2O. The van der Waals surface area contributed by atoms with Crippen LogP contribution in [0.25, 0.3) is 0 Å². The second kappa shape index (κ2) is 6.19. The Hall–Kier alpha value is -1.00. The number of nitrogens with zero attached hydrogens (tertiary/aromatic N) is 2. The van der Waals surface area contributed by atoms with Crippen LogP contribution in [-0.2, 0) is 17.7 Å². The van der Waals surface area contributed by atoms with E-state index in [1.54, 1.807) is 0 Å². The Morgan fingerprint density at radius 2 is 2.30 bits per heavy atom. The molecule has 2 saturated heterocycles. The molecule has 3 rings (SSSR count). The van der Waals surface area contributed by atoms with Crippen molar-refractivity contribution < 1.29 is 9.13 Å². The van der Waals surface area contributed by atoms with E-state index in [-0.39, 0.29) is 0 Å². The van der Waals surface area contributed by atoms with Crippen LogP contribution in [0.15, 0.2) is 12.1 Å². The topological polar surface area (TPSA) is 25.4 Å². The normalized spacial score (nSPS) is 27.3. The van der Waals surface area contributed by atoms with Gasteiger partial charge in [0.2, 0.25) is 0 Å². The minimum Gasteiger partial charge on any atom is -0.381 e. The van der Waals surface area contributed by atoms with E-state index in [1.165, 1.54) is 5.56 Å². The maximum atomic E-state index is 13.3. The zero-order valence-electron chi connectivity index (χ0n) is 12.1. The number of likely N-dealkylation sites (tertiary alicyclic amines) is 1. The Morgan fingerprint density at radius 1 is 1.40 bits per heavy atom. The third-order valence-electron chi connectivity index (χ3n) is 4.39. The summed E-state index contributed by atoms with van der Waals surface area (Å²) >= 11 is 0. The minimum absolute atomic E-state index is 0.465. The Bertz CT molecular complexity index is 460. The van der Waals surface area contributed by atoms with E-state index in [0.29, 0.717) is 18.9 Å². The zero-order valence-corrected chi connectivity index (χ0v) is 12.1. The SMILES string of the molecule is CCc1ccc([C@@H]2CCOC2)c(CN2CC[C@H](F)C2)n1. The Labute approximate surface area is 120 Å². The first-order valence-electron chi connectivity index (χ1n) is 7.69. The largest absolute Gasteiger partial charge is 0.381 e. The highest BCUT2D eigenvalue weighted by Gasteiger charge is 2.26. The van der Waals surface area contributed by atoms with Crippen LogP contribution in [0, 0.1) is 0 Å².